The number of likely N-dealkylation sites (N-methyl/N-ethyl adjacent to an activating group) is 1. The molecular weight excluding hydrogens is 248 g/mol. The van der Waals surface area contributed by atoms with Gasteiger partial charge in [0.05, 0.1) is 12.5 Å². The molecule has 1 N–H and O–H groups in total. The Balaban J connectivity index is 2.59. The van der Waals surface area contributed by atoms with Crippen molar-refractivity contribution in [2.24, 2.45) is 0 Å². The number of thioether (sulfide) groups is 1. The van der Waals surface area contributed by atoms with E-state index in [2.05, 4.69) is 25.4 Å². The SMILES string of the molecule is CCN1C(=O)CC(NCC(CC)(CC)SC)C1=O. The monoisotopic (exact) mass is 272 g/mol. The summed E-state index contributed by atoms with van der Waals surface area (Å²) in [5, 5.41) is 3.29. The van der Waals surface area contributed by atoms with E-state index in [-0.39, 0.29) is 22.6 Å². The molecule has 0 aromatic carbocycles. The van der Waals surface area contributed by atoms with Crippen LogP contribution in [-0.4, -0.2) is 46.8 Å². The molecule has 0 aromatic rings. The van der Waals surface area contributed by atoms with Crippen LogP contribution >= 0.6 is 11.8 Å². The van der Waals surface area contributed by atoms with E-state index in [4.69, 9.17) is 0 Å². The van der Waals surface area contributed by atoms with Crippen LogP contribution in [0, 0.1) is 0 Å². The molecule has 1 aliphatic rings. The minimum Gasteiger partial charge on any atom is -0.304 e. The first kappa shape index (κ1) is 15.5. The summed E-state index contributed by atoms with van der Waals surface area (Å²) in [5.41, 5.74) is 0. The highest BCUT2D eigenvalue weighted by Crippen LogP contribution is 2.30. The number of imide groups is 1. The molecule has 104 valence electrons. The molecule has 1 unspecified atom stereocenters. The molecule has 1 saturated heterocycles. The molecule has 0 spiro atoms. The highest BCUT2D eigenvalue weighted by Gasteiger charge is 2.38. The second kappa shape index (κ2) is 6.57. The summed E-state index contributed by atoms with van der Waals surface area (Å²) in [4.78, 5) is 24.9. The average molecular weight is 272 g/mol. The van der Waals surface area contributed by atoms with Crippen molar-refractivity contribution in [3.05, 3.63) is 0 Å². The maximum absolute atomic E-state index is 12.0. The van der Waals surface area contributed by atoms with Crippen molar-refractivity contribution in [3.63, 3.8) is 0 Å². The third-order valence-electron chi connectivity index (χ3n) is 3.95. The number of nitrogens with one attached hydrogen (secondary N) is 1. The van der Waals surface area contributed by atoms with Crippen molar-refractivity contribution in [1.29, 1.82) is 0 Å². The van der Waals surface area contributed by atoms with Crippen molar-refractivity contribution in [3.8, 4) is 0 Å². The van der Waals surface area contributed by atoms with Gasteiger partial charge in [0, 0.05) is 17.8 Å². The van der Waals surface area contributed by atoms with Gasteiger partial charge >= 0.3 is 0 Å². The average Bonchev–Trinajstić information content (AvgIpc) is 2.66. The highest BCUT2D eigenvalue weighted by molar-refractivity contribution is 8.00. The molecule has 18 heavy (non-hydrogen) atoms. The summed E-state index contributed by atoms with van der Waals surface area (Å²) in [5.74, 6) is -0.118. The molecule has 0 bridgehead atoms. The number of likely N-dealkylation sites (tertiary alicyclic amines) is 1. The third kappa shape index (κ3) is 3.06. The van der Waals surface area contributed by atoms with Crippen LogP contribution in [0.15, 0.2) is 0 Å². The summed E-state index contributed by atoms with van der Waals surface area (Å²) >= 11 is 1.84. The highest BCUT2D eigenvalue weighted by atomic mass is 32.2. The Hall–Kier alpha value is -0.550. The number of rotatable bonds is 7. The summed E-state index contributed by atoms with van der Waals surface area (Å²) in [7, 11) is 0. The van der Waals surface area contributed by atoms with Gasteiger partial charge in [0.2, 0.25) is 11.8 Å². The van der Waals surface area contributed by atoms with Gasteiger partial charge in [-0.05, 0) is 26.0 Å². The van der Waals surface area contributed by atoms with Crippen LogP contribution in [0.25, 0.3) is 0 Å². The molecular formula is C13H24N2O2S. The predicted octanol–water partition coefficient (Wildman–Crippen LogP) is 1.65. The third-order valence-corrected chi connectivity index (χ3v) is 5.54. The zero-order valence-electron chi connectivity index (χ0n) is 11.8. The van der Waals surface area contributed by atoms with E-state index in [1.54, 1.807) is 0 Å². The van der Waals surface area contributed by atoms with E-state index in [0.717, 1.165) is 19.4 Å². The predicted molar refractivity (Wildman–Crippen MR) is 75.6 cm³/mol. The smallest absolute Gasteiger partial charge is 0.246 e. The number of nitrogens with zero attached hydrogens (tertiary/aromatic N) is 1. The van der Waals surface area contributed by atoms with Gasteiger partial charge in [-0.3, -0.25) is 14.5 Å². The molecule has 0 radical (unpaired) electrons. The van der Waals surface area contributed by atoms with Gasteiger partial charge in [0.15, 0.2) is 0 Å². The normalized spacial score (nSPS) is 20.9. The molecule has 1 atom stereocenters. The first-order valence-corrected chi connectivity index (χ1v) is 7.88. The second-order valence-electron chi connectivity index (χ2n) is 4.71. The fourth-order valence-corrected chi connectivity index (χ4v) is 3.15. The summed E-state index contributed by atoms with van der Waals surface area (Å²) in [6, 6.07) is -0.318. The van der Waals surface area contributed by atoms with Crippen LogP contribution in [-0.2, 0) is 9.59 Å². The van der Waals surface area contributed by atoms with E-state index in [0.29, 0.717) is 13.0 Å². The zero-order valence-corrected chi connectivity index (χ0v) is 12.6. The Labute approximate surface area is 114 Å². The first-order valence-electron chi connectivity index (χ1n) is 6.66. The number of carbonyl (C=O) groups is 2. The Bertz CT molecular complexity index is 308. The quantitative estimate of drug-likeness (QED) is 0.716. The van der Waals surface area contributed by atoms with E-state index in [1.807, 2.05) is 18.7 Å². The lowest BCUT2D eigenvalue weighted by Crippen LogP contribution is -2.45. The first-order chi connectivity index (χ1) is 8.53. The van der Waals surface area contributed by atoms with Crippen LogP contribution in [0.4, 0.5) is 0 Å². The standard InChI is InChI=1S/C13H24N2O2S/c1-5-13(6-2,18-4)9-14-10-8-11(16)15(7-3)12(10)17/h10,14H,5-9H2,1-4H3. The minimum absolute atomic E-state index is 0.0530. The summed E-state index contributed by atoms with van der Waals surface area (Å²) in [6.07, 6.45) is 4.53. The maximum atomic E-state index is 12.0. The van der Waals surface area contributed by atoms with E-state index >= 15 is 0 Å². The molecule has 1 heterocycles. The molecule has 2 amide bonds. The van der Waals surface area contributed by atoms with E-state index in [1.165, 1.54) is 4.90 Å². The summed E-state index contributed by atoms with van der Waals surface area (Å²) < 4.78 is 0.170. The summed E-state index contributed by atoms with van der Waals surface area (Å²) in [6.45, 7) is 7.43. The molecule has 1 aliphatic heterocycles. The van der Waals surface area contributed by atoms with Crippen molar-refractivity contribution < 1.29 is 9.59 Å². The lowest BCUT2D eigenvalue weighted by Gasteiger charge is -2.31. The Morgan fingerprint density at radius 2 is 1.94 bits per heavy atom. The Morgan fingerprint density at radius 3 is 2.33 bits per heavy atom. The number of hydrogen-bond acceptors (Lipinski definition) is 4. The maximum Gasteiger partial charge on any atom is 0.246 e. The number of carbonyl (C=O) groups excluding carboxylic acids is 2. The zero-order chi connectivity index (χ0) is 13.8. The molecule has 4 nitrogen and oxygen atoms in total. The van der Waals surface area contributed by atoms with Crippen LogP contribution in [0.1, 0.15) is 40.0 Å². The van der Waals surface area contributed by atoms with Crippen molar-refractivity contribution in [1.82, 2.24) is 10.2 Å². The van der Waals surface area contributed by atoms with Gasteiger partial charge in [0.1, 0.15) is 0 Å². The van der Waals surface area contributed by atoms with Gasteiger partial charge in [-0.15, -0.1) is 0 Å². The fraction of sp³-hybridized carbons (Fsp3) is 0.846. The van der Waals surface area contributed by atoms with Crippen LogP contribution in [0.5, 0.6) is 0 Å². The van der Waals surface area contributed by atoms with Gasteiger partial charge in [-0.1, -0.05) is 13.8 Å². The lowest BCUT2D eigenvalue weighted by molar-refractivity contribution is -0.138. The number of hydrogen-bond donors (Lipinski definition) is 1. The molecule has 0 aromatic heterocycles. The molecule has 1 rings (SSSR count). The van der Waals surface area contributed by atoms with E-state index < -0.39 is 0 Å². The van der Waals surface area contributed by atoms with Crippen molar-refractivity contribution in [2.75, 3.05) is 19.3 Å². The van der Waals surface area contributed by atoms with Crippen LogP contribution in [0.2, 0.25) is 0 Å². The molecule has 5 heteroatoms. The van der Waals surface area contributed by atoms with Gasteiger partial charge < -0.3 is 5.32 Å². The minimum atomic E-state index is -0.318. The Morgan fingerprint density at radius 1 is 1.33 bits per heavy atom. The van der Waals surface area contributed by atoms with Crippen molar-refractivity contribution >= 4 is 23.6 Å². The largest absolute Gasteiger partial charge is 0.304 e. The molecule has 1 fully saturated rings. The second-order valence-corrected chi connectivity index (χ2v) is 5.98. The topological polar surface area (TPSA) is 49.4 Å². The van der Waals surface area contributed by atoms with E-state index in [9.17, 15) is 9.59 Å². The Kier molecular flexibility index (Phi) is 5.66. The number of amides is 2. The molecule has 0 saturated carbocycles. The van der Waals surface area contributed by atoms with Crippen LogP contribution < -0.4 is 5.32 Å². The van der Waals surface area contributed by atoms with Gasteiger partial charge in [0.25, 0.3) is 0 Å². The van der Waals surface area contributed by atoms with Gasteiger partial charge in [-0.2, -0.15) is 11.8 Å². The van der Waals surface area contributed by atoms with Gasteiger partial charge in [-0.25, -0.2) is 0 Å². The lowest BCUT2D eigenvalue weighted by atomic mass is 10.0. The molecule has 0 aliphatic carbocycles. The van der Waals surface area contributed by atoms with Crippen LogP contribution in [0.3, 0.4) is 0 Å². The van der Waals surface area contributed by atoms with Crippen molar-refractivity contribution in [2.45, 2.75) is 50.8 Å². The fourth-order valence-electron chi connectivity index (χ4n) is 2.34.